The van der Waals surface area contributed by atoms with Crippen molar-refractivity contribution in [2.45, 2.75) is 18.8 Å². The zero-order valence-electron chi connectivity index (χ0n) is 35.7. The number of para-hydroxylation sites is 2. The van der Waals surface area contributed by atoms with Crippen LogP contribution in [0.2, 0.25) is 0 Å². The Labute approximate surface area is 376 Å². The molecule has 0 radical (unpaired) electrons. The highest BCUT2D eigenvalue weighted by Gasteiger charge is 2.22. The molecule has 0 N–H and O–H groups in total. The van der Waals surface area contributed by atoms with Crippen LogP contribution in [0.5, 0.6) is 0 Å². The smallest absolute Gasteiger partial charge is 0.0462 e. The van der Waals surface area contributed by atoms with Crippen molar-refractivity contribution in [3.05, 3.63) is 272 Å². The molecule has 0 aromatic heterocycles. The third-order valence-electron chi connectivity index (χ3n) is 12.9. The fraction of sp³-hybridized carbons (Fsp3) is 0.0645. The molecule has 2 aliphatic carbocycles. The molecule has 2 atom stereocenters. The second kappa shape index (κ2) is 17.4. The molecule has 0 heterocycles. The number of hydrogen-bond acceptors (Lipinski definition) is 2. The highest BCUT2D eigenvalue weighted by molar-refractivity contribution is 5.98. The van der Waals surface area contributed by atoms with Crippen molar-refractivity contribution in [3.8, 4) is 22.3 Å². The summed E-state index contributed by atoms with van der Waals surface area (Å²) in [5, 5.41) is 5.06. The summed E-state index contributed by atoms with van der Waals surface area (Å²) in [6.07, 6.45) is 16.3. The lowest BCUT2D eigenvalue weighted by Crippen LogP contribution is -2.18. The fourth-order valence-corrected chi connectivity index (χ4v) is 9.66. The van der Waals surface area contributed by atoms with Crippen LogP contribution in [-0.2, 0) is 0 Å². The molecule has 11 rings (SSSR count). The van der Waals surface area contributed by atoms with E-state index in [0.29, 0.717) is 11.8 Å². The third kappa shape index (κ3) is 7.76. The van der Waals surface area contributed by atoms with Gasteiger partial charge in [0.15, 0.2) is 0 Å². The van der Waals surface area contributed by atoms with Crippen LogP contribution in [0.25, 0.3) is 43.8 Å². The molecule has 2 nitrogen and oxygen atoms in total. The monoisotopic (exact) mass is 820 g/mol. The Kier molecular flexibility index (Phi) is 10.6. The number of benzene rings is 9. The van der Waals surface area contributed by atoms with Crippen LogP contribution in [-0.4, -0.2) is 0 Å². The maximum Gasteiger partial charge on any atom is 0.0462 e. The zero-order chi connectivity index (χ0) is 42.7. The summed E-state index contributed by atoms with van der Waals surface area (Å²) >= 11 is 0. The predicted molar refractivity (Wildman–Crippen MR) is 272 cm³/mol. The number of anilines is 5. The van der Waals surface area contributed by atoms with Crippen LogP contribution in [0.4, 0.5) is 28.4 Å². The van der Waals surface area contributed by atoms with E-state index in [1.54, 1.807) is 0 Å². The van der Waals surface area contributed by atoms with Gasteiger partial charge in [-0.25, -0.2) is 0 Å². The Balaban J connectivity index is 0.825. The van der Waals surface area contributed by atoms with Gasteiger partial charge in [-0.15, -0.1) is 0 Å². The summed E-state index contributed by atoms with van der Waals surface area (Å²) < 4.78 is 0. The van der Waals surface area contributed by atoms with Gasteiger partial charge in [-0.3, -0.25) is 0 Å². The van der Waals surface area contributed by atoms with Crippen molar-refractivity contribution in [2.24, 2.45) is 5.92 Å². The number of fused-ring (bicyclic) bond motifs is 2. The van der Waals surface area contributed by atoms with Gasteiger partial charge < -0.3 is 9.80 Å². The molecule has 0 saturated heterocycles. The molecular formula is C62H48N2. The first-order valence-corrected chi connectivity index (χ1v) is 22.5. The summed E-state index contributed by atoms with van der Waals surface area (Å²) in [6.45, 7) is 0. The highest BCUT2D eigenvalue weighted by Crippen LogP contribution is 2.41. The van der Waals surface area contributed by atoms with Crippen LogP contribution in [0.3, 0.4) is 0 Å². The molecular weight excluding hydrogens is 773 g/mol. The Morgan fingerprint density at radius 1 is 0.359 bits per heavy atom. The quantitative estimate of drug-likeness (QED) is 0.136. The number of nitrogens with zero attached hydrogens (tertiary/aromatic N) is 2. The van der Waals surface area contributed by atoms with Gasteiger partial charge in [-0.2, -0.15) is 0 Å². The Morgan fingerprint density at radius 2 is 0.828 bits per heavy atom. The fourth-order valence-electron chi connectivity index (χ4n) is 9.66. The van der Waals surface area contributed by atoms with Crippen LogP contribution < -0.4 is 9.80 Å². The van der Waals surface area contributed by atoms with Gasteiger partial charge in [-0.05, 0) is 135 Å². The standard InChI is InChI=1S/C62H48N2/c1-3-20-53(21-4-1)63(57-40-32-49(33-41-57)61-26-12-16-47-14-7-9-24-59(47)61)55-36-28-45(29-37-55)51-18-11-19-52(44-51)46-30-38-56(39-31-46)64(54-22-5-2-6-23-54)58-42-34-50(35-43-58)62-27-13-17-48-15-8-10-25-60(48)62/h1-18,20-28,30-45,52H,19,29H2. The molecule has 0 fully saturated rings. The second-order valence-electron chi connectivity index (χ2n) is 16.8. The SMILES string of the molecule is C1=CC(C2C=CC(N(c3ccccc3)c3ccc(-c4cccc5ccccc45)cc3)=CC2)=CC(c2ccc(N(c3ccccc3)c3ccc(-c4cccc5ccccc45)cc3)cc2)C1. The lowest BCUT2D eigenvalue weighted by atomic mass is 9.82. The van der Waals surface area contributed by atoms with Crippen LogP contribution in [0, 0.1) is 5.92 Å². The molecule has 9 aromatic carbocycles. The minimum absolute atomic E-state index is 0.318. The van der Waals surface area contributed by atoms with Crippen molar-refractivity contribution in [1.29, 1.82) is 0 Å². The molecule has 2 heteroatoms. The first kappa shape index (κ1) is 38.9. The summed E-state index contributed by atoms with van der Waals surface area (Å²) in [6, 6.07) is 79.0. The summed E-state index contributed by atoms with van der Waals surface area (Å²) in [5.74, 6) is 0.637. The Bertz CT molecular complexity index is 3180. The summed E-state index contributed by atoms with van der Waals surface area (Å²) in [7, 11) is 0. The number of hydrogen-bond donors (Lipinski definition) is 0. The van der Waals surface area contributed by atoms with Gasteiger partial charge >= 0.3 is 0 Å². The zero-order valence-corrected chi connectivity index (χ0v) is 35.7. The lowest BCUT2D eigenvalue weighted by Gasteiger charge is -2.30. The van der Waals surface area contributed by atoms with E-state index in [2.05, 4.69) is 265 Å². The molecule has 9 aromatic rings. The van der Waals surface area contributed by atoms with E-state index < -0.39 is 0 Å². The van der Waals surface area contributed by atoms with Gasteiger partial charge in [0.25, 0.3) is 0 Å². The Morgan fingerprint density at radius 3 is 1.38 bits per heavy atom. The molecule has 0 aliphatic heterocycles. The molecule has 0 amide bonds. The maximum absolute atomic E-state index is 2.50. The van der Waals surface area contributed by atoms with E-state index in [4.69, 9.17) is 0 Å². The normalized spacial score (nSPS) is 15.8. The topological polar surface area (TPSA) is 6.48 Å². The van der Waals surface area contributed by atoms with Crippen molar-refractivity contribution in [2.75, 3.05) is 9.80 Å². The number of allylic oxidation sites excluding steroid dienone is 7. The maximum atomic E-state index is 2.50. The average Bonchev–Trinajstić information content (AvgIpc) is 3.38. The predicted octanol–water partition coefficient (Wildman–Crippen LogP) is 17.1. The van der Waals surface area contributed by atoms with Gasteiger partial charge in [0, 0.05) is 46.0 Å². The van der Waals surface area contributed by atoms with Crippen molar-refractivity contribution < 1.29 is 0 Å². The van der Waals surface area contributed by atoms with E-state index in [-0.39, 0.29) is 0 Å². The molecule has 0 bridgehead atoms. The van der Waals surface area contributed by atoms with Crippen molar-refractivity contribution in [1.82, 2.24) is 0 Å². The minimum Gasteiger partial charge on any atom is -0.311 e. The molecule has 2 aliphatic rings. The number of rotatable bonds is 10. The molecule has 2 unspecified atom stereocenters. The van der Waals surface area contributed by atoms with Gasteiger partial charge in [0.2, 0.25) is 0 Å². The van der Waals surface area contributed by atoms with E-state index in [1.165, 1.54) is 60.6 Å². The van der Waals surface area contributed by atoms with E-state index in [9.17, 15) is 0 Å². The van der Waals surface area contributed by atoms with Gasteiger partial charge in [-0.1, -0.05) is 188 Å². The summed E-state index contributed by atoms with van der Waals surface area (Å²) in [5.41, 5.74) is 14.6. The molecule has 0 spiro atoms. The molecule has 306 valence electrons. The third-order valence-corrected chi connectivity index (χ3v) is 12.9. The first-order chi connectivity index (χ1) is 31.7. The van der Waals surface area contributed by atoms with Crippen LogP contribution in [0.1, 0.15) is 24.3 Å². The molecule has 64 heavy (non-hydrogen) atoms. The largest absolute Gasteiger partial charge is 0.311 e. The Hall–Kier alpha value is -7.94. The summed E-state index contributed by atoms with van der Waals surface area (Å²) in [4.78, 5) is 4.74. The minimum atomic E-state index is 0.318. The average molecular weight is 821 g/mol. The van der Waals surface area contributed by atoms with E-state index >= 15 is 0 Å². The molecule has 0 saturated carbocycles. The van der Waals surface area contributed by atoms with Gasteiger partial charge in [0.05, 0.1) is 0 Å². The van der Waals surface area contributed by atoms with E-state index in [1.807, 2.05) is 0 Å². The highest BCUT2D eigenvalue weighted by atomic mass is 15.1. The second-order valence-corrected chi connectivity index (χ2v) is 16.8. The van der Waals surface area contributed by atoms with Crippen molar-refractivity contribution in [3.63, 3.8) is 0 Å². The van der Waals surface area contributed by atoms with E-state index in [0.717, 1.165) is 41.3 Å². The lowest BCUT2D eigenvalue weighted by molar-refractivity contribution is 0.740. The van der Waals surface area contributed by atoms with Crippen molar-refractivity contribution >= 4 is 50.0 Å². The first-order valence-electron chi connectivity index (χ1n) is 22.5. The van der Waals surface area contributed by atoms with Crippen LogP contribution >= 0.6 is 0 Å². The van der Waals surface area contributed by atoms with Crippen LogP contribution in [0.15, 0.2) is 266 Å². The van der Waals surface area contributed by atoms with Gasteiger partial charge in [0.1, 0.15) is 0 Å².